The van der Waals surface area contributed by atoms with Crippen LogP contribution in [0.1, 0.15) is 26.7 Å². The molecular formula is C10H18N2O2. The van der Waals surface area contributed by atoms with Gasteiger partial charge in [0.15, 0.2) is 0 Å². The first-order valence-electron chi connectivity index (χ1n) is 5.28. The highest BCUT2D eigenvalue weighted by Crippen LogP contribution is 2.08. The zero-order valence-corrected chi connectivity index (χ0v) is 8.95. The highest BCUT2D eigenvalue weighted by molar-refractivity contribution is 6.34. The molecule has 1 heterocycles. The standard InChI is InChI=1S/C10H18N2O2/c1-3-11(4-2)9(13)10(14)12-7-5-6-8-12/h3-8H2,1-2H3. The van der Waals surface area contributed by atoms with Crippen molar-refractivity contribution < 1.29 is 9.59 Å². The zero-order valence-electron chi connectivity index (χ0n) is 8.95. The first kappa shape index (κ1) is 11.0. The highest BCUT2D eigenvalue weighted by atomic mass is 16.2. The number of hydrogen-bond acceptors (Lipinski definition) is 2. The summed E-state index contributed by atoms with van der Waals surface area (Å²) < 4.78 is 0. The van der Waals surface area contributed by atoms with Gasteiger partial charge >= 0.3 is 11.8 Å². The number of likely N-dealkylation sites (N-methyl/N-ethyl adjacent to an activating group) is 1. The highest BCUT2D eigenvalue weighted by Gasteiger charge is 2.27. The number of carbonyl (C=O) groups is 2. The minimum atomic E-state index is -0.350. The summed E-state index contributed by atoms with van der Waals surface area (Å²) in [4.78, 5) is 26.5. The number of nitrogens with zero attached hydrogens (tertiary/aromatic N) is 2. The molecule has 0 spiro atoms. The van der Waals surface area contributed by atoms with Crippen LogP contribution < -0.4 is 0 Å². The third kappa shape index (κ3) is 2.25. The van der Waals surface area contributed by atoms with Crippen LogP contribution in [0.5, 0.6) is 0 Å². The molecule has 0 aromatic heterocycles. The van der Waals surface area contributed by atoms with Gasteiger partial charge in [-0.25, -0.2) is 0 Å². The van der Waals surface area contributed by atoms with Crippen molar-refractivity contribution in [3.05, 3.63) is 0 Å². The van der Waals surface area contributed by atoms with E-state index in [1.54, 1.807) is 9.80 Å². The van der Waals surface area contributed by atoms with Crippen molar-refractivity contribution >= 4 is 11.8 Å². The van der Waals surface area contributed by atoms with Crippen molar-refractivity contribution in [1.82, 2.24) is 9.80 Å². The Kier molecular flexibility index (Phi) is 3.92. The van der Waals surface area contributed by atoms with Gasteiger partial charge in [-0.15, -0.1) is 0 Å². The Balaban J connectivity index is 2.54. The normalized spacial score (nSPS) is 15.7. The van der Waals surface area contributed by atoms with Gasteiger partial charge in [-0.05, 0) is 26.7 Å². The molecule has 4 heteroatoms. The first-order chi connectivity index (χ1) is 6.70. The van der Waals surface area contributed by atoms with E-state index in [0.717, 1.165) is 25.9 Å². The lowest BCUT2D eigenvalue weighted by Gasteiger charge is -2.21. The predicted molar refractivity (Wildman–Crippen MR) is 53.7 cm³/mol. The molecular weight excluding hydrogens is 180 g/mol. The van der Waals surface area contributed by atoms with E-state index >= 15 is 0 Å². The van der Waals surface area contributed by atoms with Gasteiger partial charge in [0.05, 0.1) is 0 Å². The predicted octanol–water partition coefficient (Wildman–Crippen LogP) is 0.477. The summed E-state index contributed by atoms with van der Waals surface area (Å²) >= 11 is 0. The number of likely N-dealkylation sites (tertiary alicyclic amines) is 1. The molecule has 14 heavy (non-hydrogen) atoms. The molecule has 80 valence electrons. The largest absolute Gasteiger partial charge is 0.335 e. The molecule has 1 aliphatic rings. The molecule has 0 unspecified atom stereocenters. The maximum atomic E-state index is 11.6. The molecule has 2 amide bonds. The lowest BCUT2D eigenvalue weighted by molar-refractivity contribution is -0.150. The summed E-state index contributed by atoms with van der Waals surface area (Å²) in [6.07, 6.45) is 2.05. The fourth-order valence-electron chi connectivity index (χ4n) is 1.70. The number of carbonyl (C=O) groups excluding carboxylic acids is 2. The van der Waals surface area contributed by atoms with Crippen LogP contribution in [-0.4, -0.2) is 47.8 Å². The summed E-state index contributed by atoms with van der Waals surface area (Å²) in [7, 11) is 0. The molecule has 1 rings (SSSR count). The van der Waals surface area contributed by atoms with Crippen molar-refractivity contribution in [2.45, 2.75) is 26.7 Å². The van der Waals surface area contributed by atoms with E-state index in [1.807, 2.05) is 13.8 Å². The van der Waals surface area contributed by atoms with Crippen LogP contribution in [0.3, 0.4) is 0 Å². The fourth-order valence-corrected chi connectivity index (χ4v) is 1.70. The van der Waals surface area contributed by atoms with Crippen molar-refractivity contribution in [3.63, 3.8) is 0 Å². The second kappa shape index (κ2) is 4.98. The van der Waals surface area contributed by atoms with Gasteiger partial charge < -0.3 is 9.80 Å². The van der Waals surface area contributed by atoms with Crippen LogP contribution in [-0.2, 0) is 9.59 Å². The summed E-state index contributed by atoms with van der Waals surface area (Å²) in [5.74, 6) is -0.678. The average Bonchev–Trinajstić information content (AvgIpc) is 2.71. The van der Waals surface area contributed by atoms with Crippen LogP contribution >= 0.6 is 0 Å². The Morgan fingerprint density at radius 3 is 2.07 bits per heavy atom. The average molecular weight is 198 g/mol. The summed E-state index contributed by atoms with van der Waals surface area (Å²) in [5, 5.41) is 0. The molecule has 0 bridgehead atoms. The van der Waals surface area contributed by atoms with Crippen molar-refractivity contribution in [2.24, 2.45) is 0 Å². The fraction of sp³-hybridized carbons (Fsp3) is 0.800. The Hall–Kier alpha value is -1.06. The lowest BCUT2D eigenvalue weighted by Crippen LogP contribution is -2.44. The van der Waals surface area contributed by atoms with Gasteiger partial charge in [0.2, 0.25) is 0 Å². The Morgan fingerprint density at radius 2 is 1.64 bits per heavy atom. The Bertz CT molecular complexity index is 206. The van der Waals surface area contributed by atoms with Gasteiger partial charge in [-0.2, -0.15) is 0 Å². The monoisotopic (exact) mass is 198 g/mol. The van der Waals surface area contributed by atoms with Crippen LogP contribution in [0.25, 0.3) is 0 Å². The topological polar surface area (TPSA) is 40.6 Å². The van der Waals surface area contributed by atoms with E-state index < -0.39 is 0 Å². The molecule has 0 aromatic rings. The van der Waals surface area contributed by atoms with E-state index in [9.17, 15) is 9.59 Å². The second-order valence-electron chi connectivity index (χ2n) is 3.48. The second-order valence-corrected chi connectivity index (χ2v) is 3.48. The van der Waals surface area contributed by atoms with Gasteiger partial charge in [0.25, 0.3) is 0 Å². The van der Waals surface area contributed by atoms with Crippen LogP contribution in [0.15, 0.2) is 0 Å². The van der Waals surface area contributed by atoms with E-state index in [1.165, 1.54) is 0 Å². The molecule has 0 N–H and O–H groups in total. The molecule has 0 saturated carbocycles. The third-order valence-corrected chi connectivity index (χ3v) is 2.63. The smallest absolute Gasteiger partial charge is 0.312 e. The molecule has 0 aliphatic carbocycles. The molecule has 0 aromatic carbocycles. The summed E-state index contributed by atoms with van der Waals surface area (Å²) in [6, 6.07) is 0. The maximum absolute atomic E-state index is 11.6. The molecule has 4 nitrogen and oxygen atoms in total. The van der Waals surface area contributed by atoms with Gasteiger partial charge in [-0.1, -0.05) is 0 Å². The SMILES string of the molecule is CCN(CC)C(=O)C(=O)N1CCCC1. The Morgan fingerprint density at radius 1 is 1.14 bits per heavy atom. The minimum absolute atomic E-state index is 0.328. The van der Waals surface area contributed by atoms with Crippen molar-refractivity contribution in [2.75, 3.05) is 26.2 Å². The number of hydrogen-bond donors (Lipinski definition) is 0. The Labute approximate surface area is 84.9 Å². The third-order valence-electron chi connectivity index (χ3n) is 2.63. The van der Waals surface area contributed by atoms with Crippen LogP contribution in [0.2, 0.25) is 0 Å². The molecule has 1 saturated heterocycles. The molecule has 1 fully saturated rings. The maximum Gasteiger partial charge on any atom is 0.312 e. The quantitative estimate of drug-likeness (QED) is 0.605. The zero-order chi connectivity index (χ0) is 10.6. The van der Waals surface area contributed by atoms with Gasteiger partial charge in [0.1, 0.15) is 0 Å². The molecule has 0 radical (unpaired) electrons. The number of amides is 2. The minimum Gasteiger partial charge on any atom is -0.335 e. The van der Waals surface area contributed by atoms with Gasteiger partial charge in [-0.3, -0.25) is 9.59 Å². The van der Waals surface area contributed by atoms with Crippen molar-refractivity contribution in [1.29, 1.82) is 0 Å². The first-order valence-corrected chi connectivity index (χ1v) is 5.28. The van der Waals surface area contributed by atoms with Crippen LogP contribution in [0.4, 0.5) is 0 Å². The molecule has 0 atom stereocenters. The van der Waals surface area contributed by atoms with Gasteiger partial charge in [0, 0.05) is 26.2 Å². The summed E-state index contributed by atoms with van der Waals surface area (Å²) in [5.41, 5.74) is 0. The van der Waals surface area contributed by atoms with E-state index in [4.69, 9.17) is 0 Å². The number of rotatable bonds is 2. The van der Waals surface area contributed by atoms with Crippen LogP contribution in [0, 0.1) is 0 Å². The van der Waals surface area contributed by atoms with E-state index in [0.29, 0.717) is 13.1 Å². The summed E-state index contributed by atoms with van der Waals surface area (Å²) in [6.45, 7) is 6.47. The van der Waals surface area contributed by atoms with Crippen molar-refractivity contribution in [3.8, 4) is 0 Å². The lowest BCUT2D eigenvalue weighted by atomic mass is 10.4. The van der Waals surface area contributed by atoms with E-state index in [-0.39, 0.29) is 11.8 Å². The molecule has 1 aliphatic heterocycles. The van der Waals surface area contributed by atoms with E-state index in [2.05, 4.69) is 0 Å².